The van der Waals surface area contributed by atoms with Crippen molar-refractivity contribution in [2.24, 2.45) is 40.9 Å². The van der Waals surface area contributed by atoms with Crippen LogP contribution in [0.1, 0.15) is 143 Å². The number of amides is 7. The van der Waals surface area contributed by atoms with Gasteiger partial charge in [0.05, 0.1) is 30.2 Å². The Hall–Kier alpha value is -5.68. The molecule has 1 heterocycles. The molecule has 1 aliphatic rings. The van der Waals surface area contributed by atoms with Crippen molar-refractivity contribution in [1.29, 1.82) is 0 Å². The number of aliphatic hydroxyl groups is 2. The minimum atomic E-state index is -1.61. The van der Waals surface area contributed by atoms with E-state index in [9.17, 15) is 58.2 Å². The van der Waals surface area contributed by atoms with Crippen molar-refractivity contribution in [3.8, 4) is 0 Å². The van der Waals surface area contributed by atoms with Crippen LogP contribution in [0.5, 0.6) is 0 Å². The topological polar surface area (TPSA) is 373 Å². The third-order valence-electron chi connectivity index (χ3n) is 13.5. The average molecular weight is 1070 g/mol. The van der Waals surface area contributed by atoms with Crippen LogP contribution in [0.3, 0.4) is 0 Å². The maximum absolute atomic E-state index is 14.5. The lowest BCUT2D eigenvalue weighted by molar-refractivity contribution is -0.137. The number of benzene rings is 1. The van der Waals surface area contributed by atoms with E-state index >= 15 is 0 Å². The van der Waals surface area contributed by atoms with Crippen molar-refractivity contribution in [3.63, 3.8) is 0 Å². The summed E-state index contributed by atoms with van der Waals surface area (Å²) >= 11 is 0. The number of Topliss-reactive ketones (excluding diaryl/α,β-unsaturated/α-hetero) is 3. The van der Waals surface area contributed by atoms with Crippen LogP contribution in [0.15, 0.2) is 30.3 Å². The molecule has 22 heteroatoms. The second-order valence-electron chi connectivity index (χ2n) is 20.6. The maximum atomic E-state index is 14.5. The maximum Gasteiger partial charge on any atom is 0.245 e. The van der Waals surface area contributed by atoms with Gasteiger partial charge < -0.3 is 64.6 Å². The van der Waals surface area contributed by atoms with E-state index in [4.69, 9.17) is 17.2 Å². The SMILES string of the molecule is CCCCCCCC(=O)C[C@H](C(=O)N[C@@H](CC)C(=O)C[C@H]1CCNC(=O)C([C@@H](C)O)NC(=O)[C@H](CCN)NC(=O)[C@H](CCN)NC(=O)[C@H](CC(C)C)NC(=O)[C@@H](Cc2ccccc2)CC(=O)[C@H](CCN)NC1=O)[C@@H](C)O. The van der Waals surface area contributed by atoms with Crippen molar-refractivity contribution >= 4 is 58.7 Å². The van der Waals surface area contributed by atoms with Crippen LogP contribution in [-0.4, -0.2) is 144 Å². The molecule has 0 saturated carbocycles. The summed E-state index contributed by atoms with van der Waals surface area (Å²) in [6.45, 7) is 9.40. The summed E-state index contributed by atoms with van der Waals surface area (Å²) in [4.78, 5) is 139. The summed E-state index contributed by atoms with van der Waals surface area (Å²) in [6.07, 6.45) is 0.528. The number of ketones is 3. The Kier molecular flexibility index (Phi) is 31.1. The number of unbranched alkanes of at least 4 members (excludes halogenated alkanes) is 4. The largest absolute Gasteiger partial charge is 0.393 e. The molecule has 0 aromatic heterocycles. The molecule has 7 amide bonds. The van der Waals surface area contributed by atoms with Gasteiger partial charge in [0.1, 0.15) is 30.0 Å². The molecule has 0 radical (unpaired) electrons. The Bertz CT molecular complexity index is 2040. The number of hydrogen-bond acceptors (Lipinski definition) is 15. The summed E-state index contributed by atoms with van der Waals surface area (Å²) in [6, 6.07) is 0.890. The van der Waals surface area contributed by atoms with E-state index in [0.717, 1.165) is 25.7 Å². The van der Waals surface area contributed by atoms with Crippen molar-refractivity contribution in [2.75, 3.05) is 26.2 Å². The molecule has 1 fully saturated rings. The minimum absolute atomic E-state index is 0.0397. The molecule has 22 nitrogen and oxygen atoms in total. The first-order chi connectivity index (χ1) is 36.1. The summed E-state index contributed by atoms with van der Waals surface area (Å²) in [5.74, 6) is -10.6. The number of hydrogen-bond donors (Lipinski definition) is 12. The monoisotopic (exact) mass is 1070 g/mol. The highest BCUT2D eigenvalue weighted by Crippen LogP contribution is 2.20. The number of nitrogens with two attached hydrogens (primary N) is 3. The Morgan fingerprint density at radius 1 is 0.671 bits per heavy atom. The highest BCUT2D eigenvalue weighted by Gasteiger charge is 2.37. The molecule has 15 N–H and O–H groups in total. The molecule has 0 spiro atoms. The van der Waals surface area contributed by atoms with Gasteiger partial charge in [-0.15, -0.1) is 0 Å². The van der Waals surface area contributed by atoms with E-state index in [1.54, 1.807) is 37.3 Å². The number of carbonyl (C=O) groups excluding carboxylic acids is 10. The highest BCUT2D eigenvalue weighted by molar-refractivity contribution is 5.98. The fourth-order valence-corrected chi connectivity index (χ4v) is 9.01. The molecule has 2 rings (SSSR count). The van der Waals surface area contributed by atoms with Gasteiger partial charge in [-0.1, -0.05) is 83.7 Å². The van der Waals surface area contributed by atoms with E-state index in [2.05, 4.69) is 44.1 Å². The molecule has 1 aliphatic heterocycles. The zero-order chi connectivity index (χ0) is 56.9. The summed E-state index contributed by atoms with van der Waals surface area (Å²) in [5.41, 5.74) is 18.4. The van der Waals surface area contributed by atoms with Gasteiger partial charge in [0.15, 0.2) is 11.6 Å². The quantitative estimate of drug-likeness (QED) is 0.0544. The van der Waals surface area contributed by atoms with Crippen molar-refractivity contribution in [1.82, 2.24) is 37.2 Å². The van der Waals surface area contributed by atoms with E-state index in [-0.39, 0.29) is 95.7 Å². The summed E-state index contributed by atoms with van der Waals surface area (Å²) in [5, 5.41) is 39.8. The Labute approximate surface area is 448 Å². The lowest BCUT2D eigenvalue weighted by atomic mass is 9.89. The van der Waals surface area contributed by atoms with Gasteiger partial charge in [-0.05, 0) is 96.3 Å². The first-order valence-electron chi connectivity index (χ1n) is 27.3. The number of carbonyl (C=O) groups is 10. The average Bonchev–Trinajstić information content (AvgIpc) is 3.36. The van der Waals surface area contributed by atoms with Crippen LogP contribution >= 0.6 is 0 Å². The molecule has 1 aromatic rings. The normalized spacial score (nSPS) is 23.6. The van der Waals surface area contributed by atoms with Crippen LogP contribution in [0, 0.1) is 23.7 Å². The third kappa shape index (κ3) is 23.7. The predicted molar refractivity (Wildman–Crippen MR) is 286 cm³/mol. The van der Waals surface area contributed by atoms with Crippen LogP contribution in [-0.2, 0) is 54.4 Å². The second kappa shape index (κ2) is 35.6. The lowest BCUT2D eigenvalue weighted by Crippen LogP contribution is -2.60. The lowest BCUT2D eigenvalue weighted by Gasteiger charge is -2.28. The predicted octanol–water partition coefficient (Wildman–Crippen LogP) is 0.00860. The fraction of sp³-hybridized carbons (Fsp3) is 0.704. The van der Waals surface area contributed by atoms with E-state index in [1.807, 2.05) is 13.8 Å². The van der Waals surface area contributed by atoms with Gasteiger partial charge >= 0.3 is 0 Å². The van der Waals surface area contributed by atoms with E-state index < -0.39 is 132 Å². The molecule has 1 aromatic carbocycles. The smallest absolute Gasteiger partial charge is 0.245 e. The fourth-order valence-electron chi connectivity index (χ4n) is 9.01. The van der Waals surface area contributed by atoms with Crippen LogP contribution < -0.4 is 54.4 Å². The summed E-state index contributed by atoms with van der Waals surface area (Å²) in [7, 11) is 0. The van der Waals surface area contributed by atoms with Crippen LogP contribution in [0.4, 0.5) is 0 Å². The first kappa shape index (κ1) is 66.4. The zero-order valence-electron chi connectivity index (χ0n) is 45.7. The second-order valence-corrected chi connectivity index (χ2v) is 20.6. The van der Waals surface area contributed by atoms with Crippen molar-refractivity contribution in [3.05, 3.63) is 35.9 Å². The molecule has 1 unspecified atom stereocenters. The highest BCUT2D eigenvalue weighted by atomic mass is 16.3. The first-order valence-corrected chi connectivity index (χ1v) is 27.3. The molecule has 428 valence electrons. The Balaban J connectivity index is 2.67. The van der Waals surface area contributed by atoms with Gasteiger partial charge in [0, 0.05) is 44.1 Å². The molecule has 0 bridgehead atoms. The van der Waals surface area contributed by atoms with Crippen LogP contribution in [0.25, 0.3) is 0 Å². The Morgan fingerprint density at radius 3 is 1.76 bits per heavy atom. The van der Waals surface area contributed by atoms with Crippen molar-refractivity contribution in [2.45, 2.75) is 193 Å². The molecule has 76 heavy (non-hydrogen) atoms. The third-order valence-corrected chi connectivity index (χ3v) is 13.5. The van der Waals surface area contributed by atoms with Crippen LogP contribution in [0.2, 0.25) is 0 Å². The molecule has 0 aliphatic carbocycles. The van der Waals surface area contributed by atoms with E-state index in [0.29, 0.717) is 12.0 Å². The Morgan fingerprint density at radius 2 is 1.21 bits per heavy atom. The molecular formula is C54H90N10O12. The van der Waals surface area contributed by atoms with Gasteiger partial charge in [-0.25, -0.2) is 0 Å². The zero-order valence-corrected chi connectivity index (χ0v) is 45.7. The summed E-state index contributed by atoms with van der Waals surface area (Å²) < 4.78 is 0. The van der Waals surface area contributed by atoms with Gasteiger partial charge in [-0.2, -0.15) is 0 Å². The number of nitrogens with one attached hydrogen (secondary N) is 7. The van der Waals surface area contributed by atoms with E-state index in [1.165, 1.54) is 13.8 Å². The molecule has 11 atom stereocenters. The number of rotatable bonds is 26. The standard InChI is InChI=1S/C54H90N10O12/c1-7-9-10-11-15-18-38(67)31-39(33(5)65)50(72)59-40(8-2)45(68)29-36-22-26-58-54(76)47(34(6)66)64-52(74)43(21-25-57)61-51(73)42(20-24-56)62-53(75)44(27-32(3)4)63-49(71)37(28-35-16-13-12-14-17-35)30-46(69)41(19-23-55)60-48(36)70/h12-14,16-17,32-34,36-37,39-44,47,65-66H,7-11,15,18-31,55-57H2,1-6H3,(H,58,76)(H,59,72)(H,60,70)(H,61,73)(H,62,75)(H,63,71)(H,64,74)/t33-,34-,36-,37+,39+,40+,41+,42+,43+,44+,47?/m1/s1. The van der Waals surface area contributed by atoms with Gasteiger partial charge in [0.2, 0.25) is 41.4 Å². The molecular weight excluding hydrogens is 981 g/mol. The van der Waals surface area contributed by atoms with Gasteiger partial charge in [-0.3, -0.25) is 47.9 Å². The number of aliphatic hydroxyl groups excluding tert-OH is 2. The minimum Gasteiger partial charge on any atom is -0.393 e. The van der Waals surface area contributed by atoms with Gasteiger partial charge in [0.25, 0.3) is 0 Å². The van der Waals surface area contributed by atoms with Crippen molar-refractivity contribution < 1.29 is 58.2 Å². The molecule has 1 saturated heterocycles.